The number of piperazine rings is 1. The highest BCUT2D eigenvalue weighted by Gasteiger charge is 2.31. The summed E-state index contributed by atoms with van der Waals surface area (Å²) in [7, 11) is -3.46. The normalized spacial score (nSPS) is 23.0. The molecule has 1 aromatic rings. The Balaban J connectivity index is 1.42. The molecule has 0 aliphatic carbocycles. The van der Waals surface area contributed by atoms with Gasteiger partial charge in [-0.25, -0.2) is 8.42 Å². The van der Waals surface area contributed by atoms with Gasteiger partial charge in [-0.15, -0.1) is 0 Å². The maximum absolute atomic E-state index is 12.9. The van der Waals surface area contributed by atoms with Crippen molar-refractivity contribution in [2.75, 3.05) is 52.5 Å². The number of nitrogens with one attached hydrogen (secondary N) is 1. The lowest BCUT2D eigenvalue weighted by Gasteiger charge is -2.32. The van der Waals surface area contributed by atoms with Gasteiger partial charge in [-0.3, -0.25) is 0 Å². The summed E-state index contributed by atoms with van der Waals surface area (Å²) in [5.41, 5.74) is 1.13. The van der Waals surface area contributed by atoms with Crippen LogP contribution in [0.3, 0.4) is 0 Å². The minimum absolute atomic E-state index is 0.165. The summed E-state index contributed by atoms with van der Waals surface area (Å²) < 4.78 is 38.5. The zero-order valence-electron chi connectivity index (χ0n) is 17.5. The number of quaternary nitrogens is 1. The van der Waals surface area contributed by atoms with Crippen molar-refractivity contribution in [2.45, 2.75) is 49.7 Å². The summed E-state index contributed by atoms with van der Waals surface area (Å²) in [5.74, 6) is 0.375. The van der Waals surface area contributed by atoms with Gasteiger partial charge in [-0.05, 0) is 36.5 Å². The van der Waals surface area contributed by atoms with Crippen LogP contribution in [0.2, 0.25) is 0 Å². The van der Waals surface area contributed by atoms with Gasteiger partial charge in [0.25, 0.3) is 0 Å². The smallest absolute Gasteiger partial charge is 0.243 e. The minimum atomic E-state index is -3.46. The second-order valence-electron chi connectivity index (χ2n) is 8.41. The molecule has 0 unspecified atom stereocenters. The highest BCUT2D eigenvalue weighted by Crippen LogP contribution is 2.20. The number of ether oxygens (including phenoxy) is 2. The van der Waals surface area contributed by atoms with E-state index in [9.17, 15) is 13.5 Å². The molecule has 2 fully saturated rings. The number of sulfonamides is 1. The van der Waals surface area contributed by atoms with Crippen molar-refractivity contribution in [3.63, 3.8) is 0 Å². The van der Waals surface area contributed by atoms with E-state index in [4.69, 9.17) is 9.47 Å². The lowest BCUT2D eigenvalue weighted by molar-refractivity contribution is -0.906. The first-order valence-electron chi connectivity index (χ1n) is 10.7. The predicted octanol–water partition coefficient (Wildman–Crippen LogP) is 0.256. The molecule has 2 heterocycles. The predicted molar refractivity (Wildman–Crippen MR) is 111 cm³/mol. The lowest BCUT2D eigenvalue weighted by Crippen LogP contribution is -3.15. The highest BCUT2D eigenvalue weighted by atomic mass is 32.2. The summed E-state index contributed by atoms with van der Waals surface area (Å²) in [5, 5.41) is 10.2. The van der Waals surface area contributed by atoms with Crippen molar-refractivity contribution in [1.29, 1.82) is 0 Å². The standard InChI is InChI=1S/C21H34N2O5S/c1-17(2)18-5-7-21(8-6-18)29(25,26)23-11-9-22(10-12-23)14-19(24)15-27-16-20-4-3-13-28-20/h5-8,17,19-20,24H,3-4,9-16H2,1-2H3/p+1/t19-,20-/m1/s1. The summed E-state index contributed by atoms with van der Waals surface area (Å²) in [4.78, 5) is 1.56. The molecule has 2 N–H and O–H groups in total. The molecule has 2 atom stereocenters. The Kier molecular flexibility index (Phi) is 8.07. The summed E-state index contributed by atoms with van der Waals surface area (Å²) in [6, 6.07) is 7.20. The van der Waals surface area contributed by atoms with Gasteiger partial charge in [0.2, 0.25) is 10.0 Å². The molecular weight excluding hydrogens is 392 g/mol. The summed E-state index contributed by atoms with van der Waals surface area (Å²) in [6.07, 6.45) is 1.73. The third kappa shape index (κ3) is 6.23. The second-order valence-corrected chi connectivity index (χ2v) is 10.3. The van der Waals surface area contributed by atoms with Crippen molar-refractivity contribution >= 4 is 10.0 Å². The fourth-order valence-electron chi connectivity index (χ4n) is 3.92. The third-order valence-corrected chi connectivity index (χ3v) is 7.69. The van der Waals surface area contributed by atoms with Crippen LogP contribution in [0.4, 0.5) is 0 Å². The first-order valence-corrected chi connectivity index (χ1v) is 12.1. The molecule has 2 aliphatic rings. The Morgan fingerprint density at radius 3 is 2.52 bits per heavy atom. The van der Waals surface area contributed by atoms with Crippen LogP contribution in [0.15, 0.2) is 29.2 Å². The maximum atomic E-state index is 12.9. The molecular formula is C21H35N2O5S+. The summed E-state index contributed by atoms with van der Waals surface area (Å²) >= 11 is 0. The van der Waals surface area contributed by atoms with Crippen LogP contribution in [-0.4, -0.2) is 82.6 Å². The largest absolute Gasteiger partial charge is 0.385 e. The lowest BCUT2D eigenvalue weighted by atomic mass is 10.0. The molecule has 29 heavy (non-hydrogen) atoms. The van der Waals surface area contributed by atoms with E-state index in [1.54, 1.807) is 16.4 Å². The van der Waals surface area contributed by atoms with Crippen LogP contribution in [0.25, 0.3) is 0 Å². The molecule has 1 aromatic carbocycles. The monoisotopic (exact) mass is 427 g/mol. The van der Waals surface area contributed by atoms with Gasteiger partial charge in [0.05, 0.1) is 50.4 Å². The molecule has 0 aromatic heterocycles. The van der Waals surface area contributed by atoms with E-state index < -0.39 is 16.1 Å². The number of rotatable bonds is 9. The number of hydrogen-bond acceptors (Lipinski definition) is 5. The first kappa shape index (κ1) is 22.7. The van der Waals surface area contributed by atoms with Gasteiger partial charge in [0.15, 0.2) is 0 Å². The van der Waals surface area contributed by atoms with E-state index in [0.29, 0.717) is 56.8 Å². The van der Waals surface area contributed by atoms with Crippen molar-refractivity contribution in [3.8, 4) is 0 Å². The average molecular weight is 428 g/mol. The molecule has 0 bridgehead atoms. The van der Waals surface area contributed by atoms with Crippen LogP contribution in [0, 0.1) is 0 Å². The number of benzene rings is 1. The molecule has 2 saturated heterocycles. The van der Waals surface area contributed by atoms with Gasteiger partial charge in [0.1, 0.15) is 12.6 Å². The number of nitrogens with zero attached hydrogens (tertiary/aromatic N) is 1. The SMILES string of the molecule is CC(C)c1ccc(S(=O)(=O)N2CC[NH+](C[C@@H](O)COC[C@H]3CCCO3)CC2)cc1. The topological polar surface area (TPSA) is 80.5 Å². The Morgan fingerprint density at radius 1 is 1.24 bits per heavy atom. The van der Waals surface area contributed by atoms with Gasteiger partial charge >= 0.3 is 0 Å². The molecule has 164 valence electrons. The Labute approximate surface area is 174 Å². The van der Waals surface area contributed by atoms with E-state index in [0.717, 1.165) is 25.0 Å². The van der Waals surface area contributed by atoms with Crippen LogP contribution in [0.1, 0.15) is 38.2 Å². The van der Waals surface area contributed by atoms with Crippen LogP contribution < -0.4 is 4.90 Å². The third-order valence-electron chi connectivity index (χ3n) is 5.78. The number of aliphatic hydroxyl groups excluding tert-OH is 1. The number of hydrogen-bond donors (Lipinski definition) is 2. The highest BCUT2D eigenvalue weighted by molar-refractivity contribution is 7.89. The Morgan fingerprint density at radius 2 is 1.93 bits per heavy atom. The molecule has 8 heteroatoms. The van der Waals surface area contributed by atoms with Crippen molar-refractivity contribution in [1.82, 2.24) is 4.31 Å². The zero-order chi connectivity index (χ0) is 20.9. The number of aliphatic hydroxyl groups is 1. The van der Waals surface area contributed by atoms with E-state index in [1.807, 2.05) is 12.1 Å². The molecule has 0 radical (unpaired) electrons. The molecule has 0 spiro atoms. The Bertz CT molecular complexity index is 724. The quantitative estimate of drug-likeness (QED) is 0.591. The van der Waals surface area contributed by atoms with Crippen molar-refractivity contribution < 1.29 is 27.9 Å². The van der Waals surface area contributed by atoms with Gasteiger partial charge in [-0.2, -0.15) is 4.31 Å². The van der Waals surface area contributed by atoms with Gasteiger partial charge in [-0.1, -0.05) is 26.0 Å². The van der Waals surface area contributed by atoms with E-state index in [1.165, 1.54) is 4.90 Å². The van der Waals surface area contributed by atoms with Crippen LogP contribution in [-0.2, 0) is 19.5 Å². The van der Waals surface area contributed by atoms with E-state index in [-0.39, 0.29) is 6.10 Å². The molecule has 0 amide bonds. The fourth-order valence-corrected chi connectivity index (χ4v) is 5.37. The van der Waals surface area contributed by atoms with E-state index >= 15 is 0 Å². The summed E-state index contributed by atoms with van der Waals surface area (Å²) in [6.45, 7) is 8.69. The second kappa shape index (κ2) is 10.3. The van der Waals surface area contributed by atoms with E-state index in [2.05, 4.69) is 13.8 Å². The Hall–Kier alpha value is -1.03. The first-order chi connectivity index (χ1) is 13.9. The molecule has 0 saturated carbocycles. The minimum Gasteiger partial charge on any atom is -0.385 e. The molecule has 3 rings (SSSR count). The average Bonchev–Trinajstić information content (AvgIpc) is 3.22. The van der Waals surface area contributed by atoms with Crippen molar-refractivity contribution in [2.24, 2.45) is 0 Å². The zero-order valence-corrected chi connectivity index (χ0v) is 18.4. The van der Waals surface area contributed by atoms with Crippen LogP contribution >= 0.6 is 0 Å². The van der Waals surface area contributed by atoms with Crippen LogP contribution in [0.5, 0.6) is 0 Å². The maximum Gasteiger partial charge on any atom is 0.243 e. The van der Waals surface area contributed by atoms with Crippen molar-refractivity contribution in [3.05, 3.63) is 29.8 Å². The molecule has 2 aliphatic heterocycles. The fraction of sp³-hybridized carbons (Fsp3) is 0.714. The van der Waals surface area contributed by atoms with Gasteiger partial charge in [0, 0.05) is 6.61 Å². The van der Waals surface area contributed by atoms with Gasteiger partial charge < -0.3 is 19.5 Å². The molecule has 7 nitrogen and oxygen atoms in total.